The second-order valence-corrected chi connectivity index (χ2v) is 7.34. The molecule has 25 heavy (non-hydrogen) atoms. The van der Waals surface area contributed by atoms with E-state index in [9.17, 15) is 0 Å². The van der Waals surface area contributed by atoms with Crippen LogP contribution in [0.1, 0.15) is 24.1 Å². The first-order valence-corrected chi connectivity index (χ1v) is 9.40. The highest BCUT2D eigenvalue weighted by molar-refractivity contribution is 9.10. The van der Waals surface area contributed by atoms with Crippen LogP contribution >= 0.6 is 28.1 Å². The van der Waals surface area contributed by atoms with E-state index in [1.807, 2.05) is 30.3 Å². The molecule has 0 bridgehead atoms. The fourth-order valence-electron chi connectivity index (χ4n) is 3.19. The first-order chi connectivity index (χ1) is 12.2. The summed E-state index contributed by atoms with van der Waals surface area (Å²) in [5.74, 6) is 0. The largest absolute Gasteiger partial charge is 0.353 e. The van der Waals surface area contributed by atoms with Crippen LogP contribution in [0.5, 0.6) is 0 Å². The van der Waals surface area contributed by atoms with Gasteiger partial charge in [0.2, 0.25) is 0 Å². The van der Waals surface area contributed by atoms with E-state index >= 15 is 0 Å². The normalized spacial score (nSPS) is 15.2. The number of benzene rings is 2. The van der Waals surface area contributed by atoms with Crippen molar-refractivity contribution in [2.24, 2.45) is 5.10 Å². The maximum Gasteiger partial charge on any atom is 0.191 e. The number of aromatic nitrogens is 1. The van der Waals surface area contributed by atoms with Crippen LogP contribution in [0.2, 0.25) is 0 Å². The molecule has 0 unspecified atom stereocenters. The number of hydrogen-bond acceptors (Lipinski definition) is 2. The fraction of sp³-hybridized carbons (Fsp3) is 0.158. The minimum Gasteiger partial charge on any atom is -0.353 e. The number of nitrogens with zero attached hydrogens (tertiary/aromatic N) is 1. The Morgan fingerprint density at radius 2 is 1.96 bits per heavy atom. The van der Waals surface area contributed by atoms with Gasteiger partial charge in [0, 0.05) is 21.1 Å². The molecule has 0 spiro atoms. The molecule has 2 aromatic carbocycles. The molecule has 0 atom stereocenters. The van der Waals surface area contributed by atoms with Gasteiger partial charge in [-0.25, -0.2) is 0 Å². The molecule has 126 valence electrons. The fourth-order valence-corrected chi connectivity index (χ4v) is 3.72. The van der Waals surface area contributed by atoms with Crippen molar-refractivity contribution in [3.63, 3.8) is 0 Å². The second-order valence-electron chi connectivity index (χ2n) is 6.01. The van der Waals surface area contributed by atoms with Gasteiger partial charge in [0.05, 0.1) is 11.4 Å². The zero-order valence-electron chi connectivity index (χ0n) is 13.5. The van der Waals surface area contributed by atoms with Crippen LogP contribution in [0.3, 0.4) is 0 Å². The van der Waals surface area contributed by atoms with Crippen molar-refractivity contribution in [1.29, 1.82) is 0 Å². The molecule has 1 aliphatic rings. The van der Waals surface area contributed by atoms with Crippen LogP contribution in [0, 0.1) is 0 Å². The van der Waals surface area contributed by atoms with Gasteiger partial charge < -0.3 is 10.3 Å². The van der Waals surface area contributed by atoms with E-state index < -0.39 is 0 Å². The average Bonchev–Trinajstić information content (AvgIpc) is 2.99. The zero-order valence-corrected chi connectivity index (χ0v) is 15.9. The molecular formula is C19H17BrN4S. The number of aromatic amines is 1. The minimum absolute atomic E-state index is 0.490. The molecular weight excluding hydrogens is 396 g/mol. The molecule has 6 heteroatoms. The first-order valence-electron chi connectivity index (χ1n) is 8.20. The maximum atomic E-state index is 5.34. The number of hydrogen-bond donors (Lipinski definition) is 3. The predicted octanol–water partition coefficient (Wildman–Crippen LogP) is 4.96. The van der Waals surface area contributed by atoms with E-state index in [1.54, 1.807) is 0 Å². The summed E-state index contributed by atoms with van der Waals surface area (Å²) in [5, 5.41) is 9.45. The zero-order chi connectivity index (χ0) is 17.2. The van der Waals surface area contributed by atoms with E-state index in [1.165, 1.54) is 10.9 Å². The van der Waals surface area contributed by atoms with Gasteiger partial charge in [-0.15, -0.1) is 0 Å². The summed E-state index contributed by atoms with van der Waals surface area (Å²) in [7, 11) is 0. The van der Waals surface area contributed by atoms with Crippen LogP contribution in [-0.2, 0) is 6.42 Å². The molecule has 4 nitrogen and oxygen atoms in total. The molecule has 1 aliphatic carbocycles. The third-order valence-electron chi connectivity index (χ3n) is 4.32. The molecule has 3 aromatic rings. The summed E-state index contributed by atoms with van der Waals surface area (Å²) in [6.07, 6.45) is 3.09. The standard InChI is InChI=1S/C19H17BrN4S/c20-12-9-10-16-15(11-12)14-7-4-8-17(18(14)22-16)23-24-19(25)21-13-5-2-1-3-6-13/h1-3,5-6,9-11,22H,4,7-8H2,(H2,21,24,25)/b23-17-. The molecule has 4 rings (SSSR count). The molecule has 0 radical (unpaired) electrons. The highest BCUT2D eigenvalue weighted by Gasteiger charge is 2.20. The molecule has 0 amide bonds. The van der Waals surface area contributed by atoms with E-state index in [-0.39, 0.29) is 0 Å². The second kappa shape index (κ2) is 6.98. The molecule has 0 fully saturated rings. The third kappa shape index (κ3) is 3.45. The SMILES string of the molecule is S=C(N/N=C1/CCCc2c1[nH]c1ccc(Br)cc21)Nc1ccccc1. The molecule has 3 N–H and O–H groups in total. The Morgan fingerprint density at radius 1 is 1.12 bits per heavy atom. The van der Waals surface area contributed by atoms with Crippen molar-refractivity contribution in [3.8, 4) is 0 Å². The topological polar surface area (TPSA) is 52.2 Å². The summed E-state index contributed by atoms with van der Waals surface area (Å²) in [5.41, 5.74) is 8.54. The smallest absolute Gasteiger partial charge is 0.191 e. The predicted molar refractivity (Wildman–Crippen MR) is 111 cm³/mol. The van der Waals surface area contributed by atoms with Crippen LogP contribution in [0.4, 0.5) is 5.69 Å². The van der Waals surface area contributed by atoms with Gasteiger partial charge in [-0.05, 0) is 67.4 Å². The number of aryl methyl sites for hydroxylation is 1. The quantitative estimate of drug-likeness (QED) is 0.411. The Morgan fingerprint density at radius 3 is 2.80 bits per heavy atom. The number of nitrogens with one attached hydrogen (secondary N) is 3. The minimum atomic E-state index is 0.490. The number of halogens is 1. The van der Waals surface area contributed by atoms with Gasteiger partial charge in [-0.1, -0.05) is 34.1 Å². The van der Waals surface area contributed by atoms with Crippen molar-refractivity contribution in [2.75, 3.05) is 5.32 Å². The van der Waals surface area contributed by atoms with Crippen LogP contribution in [0.15, 0.2) is 58.1 Å². The summed E-state index contributed by atoms with van der Waals surface area (Å²) in [6, 6.07) is 16.2. The summed E-state index contributed by atoms with van der Waals surface area (Å²) < 4.78 is 1.09. The average molecular weight is 413 g/mol. The molecule has 1 aromatic heterocycles. The number of H-pyrrole nitrogens is 1. The Bertz CT molecular complexity index is 962. The number of thiocarbonyl (C=S) groups is 1. The lowest BCUT2D eigenvalue weighted by atomic mass is 9.94. The molecule has 0 saturated heterocycles. The lowest BCUT2D eigenvalue weighted by Gasteiger charge is -2.15. The number of hydrazone groups is 1. The van der Waals surface area contributed by atoms with Crippen molar-refractivity contribution in [1.82, 2.24) is 10.4 Å². The Hall–Kier alpha value is -2.18. The van der Waals surface area contributed by atoms with Crippen LogP contribution in [-0.4, -0.2) is 15.8 Å². The number of para-hydroxylation sites is 1. The number of anilines is 1. The lowest BCUT2D eigenvalue weighted by Crippen LogP contribution is -2.26. The Balaban J connectivity index is 1.57. The Labute approximate surface area is 159 Å². The summed E-state index contributed by atoms with van der Waals surface area (Å²) >= 11 is 8.90. The van der Waals surface area contributed by atoms with Gasteiger partial charge in [0.15, 0.2) is 5.11 Å². The van der Waals surface area contributed by atoms with Crippen molar-refractivity contribution in [3.05, 3.63) is 64.3 Å². The van der Waals surface area contributed by atoms with Crippen molar-refractivity contribution in [2.45, 2.75) is 19.3 Å². The highest BCUT2D eigenvalue weighted by Crippen LogP contribution is 2.31. The highest BCUT2D eigenvalue weighted by atomic mass is 79.9. The Kier molecular flexibility index (Phi) is 4.55. The van der Waals surface area contributed by atoms with Crippen LogP contribution in [0.25, 0.3) is 10.9 Å². The summed E-state index contributed by atoms with van der Waals surface area (Å²) in [4.78, 5) is 3.51. The van der Waals surface area contributed by atoms with Crippen LogP contribution < -0.4 is 10.7 Å². The monoisotopic (exact) mass is 412 g/mol. The lowest BCUT2D eigenvalue weighted by molar-refractivity contribution is 0.830. The van der Waals surface area contributed by atoms with Gasteiger partial charge in [0.1, 0.15) is 0 Å². The van der Waals surface area contributed by atoms with Crippen molar-refractivity contribution >= 4 is 55.6 Å². The van der Waals surface area contributed by atoms with Gasteiger partial charge in [-0.3, -0.25) is 5.43 Å². The first kappa shape index (κ1) is 16.3. The number of rotatable bonds is 2. The van der Waals surface area contributed by atoms with E-state index in [0.717, 1.165) is 46.3 Å². The van der Waals surface area contributed by atoms with Gasteiger partial charge in [-0.2, -0.15) is 5.10 Å². The van der Waals surface area contributed by atoms with Gasteiger partial charge in [0.25, 0.3) is 0 Å². The van der Waals surface area contributed by atoms with Gasteiger partial charge >= 0.3 is 0 Å². The van der Waals surface area contributed by atoms with E-state index in [2.05, 4.69) is 55.0 Å². The molecule has 0 saturated carbocycles. The summed E-state index contributed by atoms with van der Waals surface area (Å²) in [6.45, 7) is 0. The van der Waals surface area contributed by atoms with E-state index in [4.69, 9.17) is 12.2 Å². The van der Waals surface area contributed by atoms with E-state index in [0.29, 0.717) is 5.11 Å². The molecule has 0 aliphatic heterocycles. The third-order valence-corrected chi connectivity index (χ3v) is 5.01. The van der Waals surface area contributed by atoms with Crippen molar-refractivity contribution < 1.29 is 0 Å². The molecule has 1 heterocycles. The number of fused-ring (bicyclic) bond motifs is 3. The maximum absolute atomic E-state index is 5.34.